The predicted octanol–water partition coefficient (Wildman–Crippen LogP) is 2.45. The summed E-state index contributed by atoms with van der Waals surface area (Å²) in [5.74, 6) is -0.112. The lowest BCUT2D eigenvalue weighted by Crippen LogP contribution is -2.18. The van der Waals surface area contributed by atoms with Crippen LogP contribution in [0, 0.1) is 0 Å². The molecule has 1 unspecified atom stereocenters. The van der Waals surface area contributed by atoms with Gasteiger partial charge in [0.2, 0.25) is 5.91 Å². The number of halogens is 1. The number of ether oxygens (including phenoxy) is 2. The number of carbonyl (C=O) groups excluding carboxylic acids is 1. The molecule has 110 valence electrons. The highest BCUT2D eigenvalue weighted by atomic mass is 35.5. The summed E-state index contributed by atoms with van der Waals surface area (Å²) in [6.45, 7) is 1.75. The summed E-state index contributed by atoms with van der Waals surface area (Å²) in [4.78, 5) is 11.7. The summed E-state index contributed by atoms with van der Waals surface area (Å²) >= 11 is 5.81. The van der Waals surface area contributed by atoms with Gasteiger partial charge in [-0.3, -0.25) is 4.79 Å². The van der Waals surface area contributed by atoms with E-state index in [2.05, 4.69) is 5.32 Å². The molecule has 1 aromatic rings. The first-order valence-electron chi connectivity index (χ1n) is 6.69. The number of hydrogen-bond donors (Lipinski definition) is 2. The van der Waals surface area contributed by atoms with Gasteiger partial charge in [0.15, 0.2) is 0 Å². The molecule has 20 heavy (non-hydrogen) atoms. The fraction of sp³-hybridized carbons (Fsp3) is 0.500. The Balaban J connectivity index is 1.65. The minimum Gasteiger partial charge on any atom is -0.397 e. The van der Waals surface area contributed by atoms with Crippen molar-refractivity contribution in [2.75, 3.05) is 30.9 Å². The van der Waals surface area contributed by atoms with Crippen molar-refractivity contribution in [1.82, 2.24) is 0 Å². The number of nitrogens with two attached hydrogens (primary N) is 1. The normalized spacial score (nSPS) is 18.1. The van der Waals surface area contributed by atoms with E-state index in [4.69, 9.17) is 26.8 Å². The summed E-state index contributed by atoms with van der Waals surface area (Å²) in [5.41, 5.74) is 6.74. The van der Waals surface area contributed by atoms with E-state index in [1.165, 1.54) is 0 Å². The van der Waals surface area contributed by atoms with Gasteiger partial charge >= 0.3 is 0 Å². The highest BCUT2D eigenvalue weighted by Gasteiger charge is 2.15. The van der Waals surface area contributed by atoms with E-state index in [9.17, 15) is 4.79 Å². The van der Waals surface area contributed by atoms with Gasteiger partial charge in [0.05, 0.1) is 36.4 Å². The van der Waals surface area contributed by atoms with Gasteiger partial charge in [0.25, 0.3) is 0 Å². The Morgan fingerprint density at radius 2 is 2.40 bits per heavy atom. The molecule has 3 N–H and O–H groups in total. The van der Waals surface area contributed by atoms with E-state index < -0.39 is 0 Å². The molecule has 1 saturated heterocycles. The first-order chi connectivity index (χ1) is 9.65. The molecule has 5 nitrogen and oxygen atoms in total. The summed E-state index contributed by atoms with van der Waals surface area (Å²) in [5, 5.41) is 3.22. The third-order valence-corrected chi connectivity index (χ3v) is 3.43. The molecule has 0 saturated carbocycles. The number of nitrogens with one attached hydrogen (secondary N) is 1. The van der Waals surface area contributed by atoms with Gasteiger partial charge in [-0.2, -0.15) is 0 Å². The van der Waals surface area contributed by atoms with E-state index in [-0.39, 0.29) is 12.0 Å². The lowest BCUT2D eigenvalue weighted by molar-refractivity contribution is -0.117. The molecule has 1 aliphatic rings. The topological polar surface area (TPSA) is 73.6 Å². The average molecular weight is 299 g/mol. The maximum atomic E-state index is 11.7. The summed E-state index contributed by atoms with van der Waals surface area (Å²) < 4.78 is 10.9. The van der Waals surface area contributed by atoms with Crippen LogP contribution in [0.2, 0.25) is 5.02 Å². The fourth-order valence-corrected chi connectivity index (χ4v) is 2.12. The van der Waals surface area contributed by atoms with E-state index in [0.717, 1.165) is 19.4 Å². The largest absolute Gasteiger partial charge is 0.397 e. The van der Waals surface area contributed by atoms with Crippen LogP contribution in [0.15, 0.2) is 18.2 Å². The molecule has 0 aliphatic carbocycles. The first-order valence-corrected chi connectivity index (χ1v) is 7.07. The molecule has 1 atom stereocenters. The summed E-state index contributed by atoms with van der Waals surface area (Å²) in [6.07, 6.45) is 2.62. The van der Waals surface area contributed by atoms with Crippen LogP contribution in [0.1, 0.15) is 19.3 Å². The van der Waals surface area contributed by atoms with Crippen LogP contribution in [0.5, 0.6) is 0 Å². The minimum atomic E-state index is -0.112. The number of amides is 1. The van der Waals surface area contributed by atoms with Crippen molar-refractivity contribution in [2.45, 2.75) is 25.4 Å². The molecular weight excluding hydrogens is 280 g/mol. The highest BCUT2D eigenvalue weighted by molar-refractivity contribution is 6.33. The van der Waals surface area contributed by atoms with E-state index >= 15 is 0 Å². The first kappa shape index (κ1) is 15.1. The maximum absolute atomic E-state index is 11.7. The fourth-order valence-electron chi connectivity index (χ4n) is 2.00. The zero-order valence-corrected chi connectivity index (χ0v) is 12.0. The number of rotatable bonds is 6. The molecule has 1 heterocycles. The standard InChI is InChI=1S/C14H19ClN2O3/c15-12-4-3-10(8-13(12)16)17-14(18)5-7-19-9-11-2-1-6-20-11/h3-4,8,11H,1-2,5-7,9,16H2,(H,17,18). The molecule has 1 aliphatic heterocycles. The van der Waals surface area contributed by atoms with Crippen molar-refractivity contribution >= 4 is 28.9 Å². The lowest BCUT2D eigenvalue weighted by Gasteiger charge is -2.10. The minimum absolute atomic E-state index is 0.112. The number of hydrogen-bond acceptors (Lipinski definition) is 4. The van der Waals surface area contributed by atoms with Crippen molar-refractivity contribution in [1.29, 1.82) is 0 Å². The van der Waals surface area contributed by atoms with Crippen LogP contribution < -0.4 is 11.1 Å². The van der Waals surface area contributed by atoms with Gasteiger partial charge in [-0.05, 0) is 31.0 Å². The molecule has 0 bridgehead atoms. The van der Waals surface area contributed by atoms with Crippen molar-refractivity contribution in [3.05, 3.63) is 23.2 Å². The molecule has 2 rings (SSSR count). The monoisotopic (exact) mass is 298 g/mol. The van der Waals surface area contributed by atoms with Crippen molar-refractivity contribution in [2.24, 2.45) is 0 Å². The number of nitrogen functional groups attached to an aromatic ring is 1. The van der Waals surface area contributed by atoms with Gasteiger partial charge in [0.1, 0.15) is 0 Å². The second kappa shape index (κ2) is 7.47. The van der Waals surface area contributed by atoms with E-state index in [1.54, 1.807) is 18.2 Å². The zero-order chi connectivity index (χ0) is 14.4. The predicted molar refractivity (Wildman–Crippen MR) is 78.9 cm³/mol. The van der Waals surface area contributed by atoms with Crippen LogP contribution in [0.3, 0.4) is 0 Å². The average Bonchev–Trinajstić information content (AvgIpc) is 2.92. The molecule has 1 aromatic carbocycles. The Bertz CT molecular complexity index is 462. The Kier molecular flexibility index (Phi) is 5.64. The van der Waals surface area contributed by atoms with Crippen LogP contribution in [-0.2, 0) is 14.3 Å². The second-order valence-corrected chi connectivity index (χ2v) is 5.15. The quantitative estimate of drug-likeness (QED) is 0.625. The van der Waals surface area contributed by atoms with Crippen LogP contribution in [0.4, 0.5) is 11.4 Å². The second-order valence-electron chi connectivity index (χ2n) is 4.74. The van der Waals surface area contributed by atoms with Crippen LogP contribution >= 0.6 is 11.6 Å². The van der Waals surface area contributed by atoms with Crippen molar-refractivity contribution in [3.63, 3.8) is 0 Å². The Hall–Kier alpha value is -1.30. The van der Waals surface area contributed by atoms with Crippen LogP contribution in [0.25, 0.3) is 0 Å². The Morgan fingerprint density at radius 3 is 3.10 bits per heavy atom. The van der Waals surface area contributed by atoms with Crippen LogP contribution in [-0.4, -0.2) is 31.8 Å². The number of anilines is 2. The summed E-state index contributed by atoms with van der Waals surface area (Å²) in [7, 11) is 0. The Labute approximate surface area is 123 Å². The third kappa shape index (κ3) is 4.67. The molecule has 0 aromatic heterocycles. The molecule has 6 heteroatoms. The maximum Gasteiger partial charge on any atom is 0.226 e. The molecule has 0 spiro atoms. The van der Waals surface area contributed by atoms with Crippen molar-refractivity contribution < 1.29 is 14.3 Å². The Morgan fingerprint density at radius 1 is 1.55 bits per heavy atom. The lowest BCUT2D eigenvalue weighted by atomic mass is 10.2. The number of benzene rings is 1. The van der Waals surface area contributed by atoms with Gasteiger partial charge in [0, 0.05) is 12.3 Å². The molecule has 1 fully saturated rings. The molecule has 0 radical (unpaired) electrons. The molecule has 1 amide bonds. The zero-order valence-electron chi connectivity index (χ0n) is 11.2. The summed E-state index contributed by atoms with van der Waals surface area (Å²) in [6, 6.07) is 5.00. The third-order valence-electron chi connectivity index (χ3n) is 3.08. The van der Waals surface area contributed by atoms with Gasteiger partial charge < -0.3 is 20.5 Å². The van der Waals surface area contributed by atoms with Gasteiger partial charge in [-0.15, -0.1) is 0 Å². The van der Waals surface area contributed by atoms with Crippen molar-refractivity contribution in [3.8, 4) is 0 Å². The van der Waals surface area contributed by atoms with E-state index in [1.807, 2.05) is 0 Å². The highest BCUT2D eigenvalue weighted by Crippen LogP contribution is 2.22. The SMILES string of the molecule is Nc1cc(NC(=O)CCOCC2CCCO2)ccc1Cl. The van der Waals surface area contributed by atoms with Gasteiger partial charge in [-0.25, -0.2) is 0 Å². The number of carbonyl (C=O) groups is 1. The van der Waals surface area contributed by atoms with Gasteiger partial charge in [-0.1, -0.05) is 11.6 Å². The van der Waals surface area contributed by atoms with E-state index in [0.29, 0.717) is 36.0 Å². The molecular formula is C14H19ClN2O3. The smallest absolute Gasteiger partial charge is 0.226 e.